The predicted octanol–water partition coefficient (Wildman–Crippen LogP) is -0.183. The van der Waals surface area contributed by atoms with Gasteiger partial charge in [-0.2, -0.15) is 0 Å². The molecule has 0 radical (unpaired) electrons. The largest absolute Gasteiger partial charge is 0.454 e. The monoisotopic (exact) mass is 311 g/mol. The van der Waals surface area contributed by atoms with Gasteiger partial charge in [-0.3, -0.25) is 19.2 Å². The first-order chi connectivity index (χ1) is 10.4. The molecule has 1 amide bonds. The van der Waals surface area contributed by atoms with Crippen LogP contribution in [0, 0.1) is 5.92 Å². The maximum absolute atomic E-state index is 11.9. The van der Waals surface area contributed by atoms with Crippen molar-refractivity contribution in [3.05, 3.63) is 12.2 Å². The highest BCUT2D eigenvalue weighted by molar-refractivity contribution is 5.94. The summed E-state index contributed by atoms with van der Waals surface area (Å²) in [6.45, 7) is 4.69. The molecule has 2 bridgehead atoms. The lowest BCUT2D eigenvalue weighted by Gasteiger charge is -2.36. The molecule has 0 aromatic heterocycles. The van der Waals surface area contributed by atoms with Gasteiger partial charge in [-0.25, -0.2) is 0 Å². The second-order valence-electron chi connectivity index (χ2n) is 5.36. The second kappa shape index (κ2) is 6.17. The van der Waals surface area contributed by atoms with Gasteiger partial charge in [-0.1, -0.05) is 6.58 Å². The lowest BCUT2D eigenvalue weighted by molar-refractivity contribution is -0.258. The summed E-state index contributed by atoms with van der Waals surface area (Å²) in [4.78, 5) is 45.5. The third kappa shape index (κ3) is 3.10. The van der Waals surface area contributed by atoms with E-state index >= 15 is 0 Å². The average molecular weight is 311 g/mol. The number of amides is 1. The Morgan fingerprint density at radius 1 is 1.55 bits per heavy atom. The highest BCUT2D eigenvalue weighted by Gasteiger charge is 2.57. The van der Waals surface area contributed by atoms with Gasteiger partial charge in [0.15, 0.2) is 6.10 Å². The molecule has 1 aliphatic heterocycles. The number of hydrogen-bond acceptors (Lipinski definition) is 7. The molecular weight excluding hydrogens is 294 g/mol. The molecule has 0 spiro atoms. The zero-order valence-corrected chi connectivity index (χ0v) is 12.1. The first-order valence-electron chi connectivity index (χ1n) is 6.85. The van der Waals surface area contributed by atoms with Crippen LogP contribution in [-0.4, -0.2) is 42.8 Å². The van der Waals surface area contributed by atoms with Crippen LogP contribution in [0.25, 0.3) is 0 Å². The number of fused-ring (bicyclic) bond motifs is 2. The summed E-state index contributed by atoms with van der Waals surface area (Å²) in [5, 5.41) is 2.32. The van der Waals surface area contributed by atoms with Crippen molar-refractivity contribution in [2.24, 2.45) is 5.92 Å². The Morgan fingerprint density at radius 2 is 2.27 bits per heavy atom. The number of esters is 2. The number of nitrogens with one attached hydrogen (secondary N) is 1. The molecular formula is C14H17NO7. The number of rotatable bonds is 6. The van der Waals surface area contributed by atoms with Gasteiger partial charge >= 0.3 is 11.9 Å². The molecule has 3 unspecified atom stereocenters. The second-order valence-corrected chi connectivity index (χ2v) is 5.36. The molecule has 3 atom stereocenters. The van der Waals surface area contributed by atoms with Gasteiger partial charge < -0.3 is 19.5 Å². The molecule has 0 aromatic rings. The number of carbonyl (C=O) groups excluding carboxylic acids is 4. The maximum atomic E-state index is 11.9. The van der Waals surface area contributed by atoms with Crippen LogP contribution in [0.15, 0.2) is 12.2 Å². The molecule has 22 heavy (non-hydrogen) atoms. The molecule has 2 aliphatic rings. The standard InChI is InChI=1S/C14H17NO7/c1-8(2)12(18)15-6-11(17)22-14(20-7-16)4-3-9-5-10(14)21-13(9)19/h7,9-10H,1,3-6H2,2H3,(H,15,18). The summed E-state index contributed by atoms with van der Waals surface area (Å²) < 4.78 is 15.3. The average Bonchev–Trinajstić information content (AvgIpc) is 2.78. The van der Waals surface area contributed by atoms with Crippen LogP contribution < -0.4 is 5.32 Å². The normalized spacial score (nSPS) is 29.2. The molecule has 8 nitrogen and oxygen atoms in total. The maximum Gasteiger partial charge on any atom is 0.328 e. The van der Waals surface area contributed by atoms with Crippen molar-refractivity contribution in [1.82, 2.24) is 5.32 Å². The zero-order valence-electron chi connectivity index (χ0n) is 12.1. The van der Waals surface area contributed by atoms with Crippen molar-refractivity contribution in [2.75, 3.05) is 6.54 Å². The summed E-state index contributed by atoms with van der Waals surface area (Å²) in [5.74, 6) is -3.53. The summed E-state index contributed by atoms with van der Waals surface area (Å²) in [6.07, 6.45) is 0.0874. The first-order valence-corrected chi connectivity index (χ1v) is 6.85. The van der Waals surface area contributed by atoms with Crippen LogP contribution in [0.1, 0.15) is 26.2 Å². The lowest BCUT2D eigenvalue weighted by atomic mass is 9.85. The molecule has 1 aliphatic carbocycles. The van der Waals surface area contributed by atoms with Crippen molar-refractivity contribution >= 4 is 24.3 Å². The highest BCUT2D eigenvalue weighted by atomic mass is 16.7. The molecule has 8 heteroatoms. The van der Waals surface area contributed by atoms with E-state index in [0.717, 1.165) is 0 Å². The van der Waals surface area contributed by atoms with Crippen molar-refractivity contribution in [2.45, 2.75) is 38.1 Å². The van der Waals surface area contributed by atoms with Crippen molar-refractivity contribution in [3.63, 3.8) is 0 Å². The Morgan fingerprint density at radius 3 is 2.91 bits per heavy atom. The van der Waals surface area contributed by atoms with E-state index in [1.807, 2.05) is 0 Å². The fraction of sp³-hybridized carbons (Fsp3) is 0.571. The molecule has 0 aromatic carbocycles. The Labute approximate surface area is 126 Å². The van der Waals surface area contributed by atoms with E-state index in [4.69, 9.17) is 14.2 Å². The van der Waals surface area contributed by atoms with Crippen molar-refractivity contribution in [3.8, 4) is 0 Å². The fourth-order valence-corrected chi connectivity index (χ4v) is 2.57. The zero-order chi connectivity index (χ0) is 16.3. The van der Waals surface area contributed by atoms with Crippen molar-refractivity contribution < 1.29 is 33.4 Å². The van der Waals surface area contributed by atoms with Crippen LogP contribution >= 0.6 is 0 Å². The summed E-state index contributed by atoms with van der Waals surface area (Å²) in [7, 11) is 0. The van der Waals surface area contributed by atoms with Gasteiger partial charge in [0.2, 0.25) is 5.91 Å². The number of hydrogen-bond donors (Lipinski definition) is 1. The van der Waals surface area contributed by atoms with Gasteiger partial charge in [0.1, 0.15) is 6.54 Å². The van der Waals surface area contributed by atoms with E-state index in [-0.39, 0.29) is 30.4 Å². The fourth-order valence-electron chi connectivity index (χ4n) is 2.57. The van der Waals surface area contributed by atoms with E-state index in [9.17, 15) is 19.2 Å². The minimum absolute atomic E-state index is 0.159. The van der Waals surface area contributed by atoms with Crippen LogP contribution in [0.3, 0.4) is 0 Å². The SMILES string of the molecule is C=C(C)C(=O)NCC(=O)OC1(OC=O)CCC2CC1OC2=O. The Bertz CT molecular complexity index is 529. The van der Waals surface area contributed by atoms with E-state index in [2.05, 4.69) is 11.9 Å². The third-order valence-corrected chi connectivity index (χ3v) is 3.74. The summed E-state index contributed by atoms with van der Waals surface area (Å²) in [6, 6.07) is 0. The molecule has 1 heterocycles. The highest BCUT2D eigenvalue weighted by Crippen LogP contribution is 2.43. The smallest absolute Gasteiger partial charge is 0.328 e. The van der Waals surface area contributed by atoms with E-state index in [0.29, 0.717) is 12.8 Å². The minimum Gasteiger partial charge on any atom is -0.454 e. The van der Waals surface area contributed by atoms with Gasteiger partial charge in [0, 0.05) is 18.4 Å². The predicted molar refractivity (Wildman–Crippen MR) is 71.0 cm³/mol. The molecule has 1 saturated heterocycles. The molecule has 2 rings (SSSR count). The van der Waals surface area contributed by atoms with Gasteiger partial charge in [0.05, 0.1) is 5.92 Å². The summed E-state index contributed by atoms with van der Waals surface area (Å²) >= 11 is 0. The van der Waals surface area contributed by atoms with Crippen molar-refractivity contribution in [1.29, 1.82) is 0 Å². The Kier molecular flexibility index (Phi) is 4.48. The Hall–Kier alpha value is -2.38. The first kappa shape index (κ1) is 16.0. The number of ether oxygens (including phenoxy) is 3. The van der Waals surface area contributed by atoms with Crippen LogP contribution in [0.2, 0.25) is 0 Å². The van der Waals surface area contributed by atoms with E-state index in [1.165, 1.54) is 6.92 Å². The van der Waals surface area contributed by atoms with Crippen LogP contribution in [-0.2, 0) is 33.4 Å². The topological polar surface area (TPSA) is 108 Å². The van der Waals surface area contributed by atoms with Crippen LogP contribution in [0.5, 0.6) is 0 Å². The third-order valence-electron chi connectivity index (χ3n) is 3.74. The van der Waals surface area contributed by atoms with Gasteiger partial charge in [0.25, 0.3) is 12.3 Å². The molecule has 120 valence electrons. The number of carbonyl (C=O) groups is 4. The summed E-state index contributed by atoms with van der Waals surface area (Å²) in [5.41, 5.74) is 0.247. The van der Waals surface area contributed by atoms with Gasteiger partial charge in [-0.05, 0) is 13.3 Å². The van der Waals surface area contributed by atoms with E-state index in [1.54, 1.807) is 0 Å². The van der Waals surface area contributed by atoms with Gasteiger partial charge in [-0.15, -0.1) is 0 Å². The molecule has 1 N–H and O–H groups in total. The van der Waals surface area contributed by atoms with E-state index < -0.39 is 30.3 Å². The Balaban J connectivity index is 2.01. The lowest BCUT2D eigenvalue weighted by Crippen LogP contribution is -2.51. The minimum atomic E-state index is -1.62. The van der Waals surface area contributed by atoms with Crippen LogP contribution in [0.4, 0.5) is 0 Å². The molecule has 1 saturated carbocycles. The molecule has 2 fully saturated rings. The quantitative estimate of drug-likeness (QED) is 0.313.